The van der Waals surface area contributed by atoms with Crippen LogP contribution in [0.15, 0.2) is 22.9 Å². The second kappa shape index (κ2) is 6.25. The molecule has 2 N–H and O–H groups in total. The van der Waals surface area contributed by atoms with Crippen LogP contribution in [0.25, 0.3) is 0 Å². The number of nitrogen functional groups attached to an aromatic ring is 1. The third-order valence-electron chi connectivity index (χ3n) is 2.51. The fourth-order valence-electron chi connectivity index (χ4n) is 1.67. The van der Waals surface area contributed by atoms with Gasteiger partial charge in [0.15, 0.2) is 11.6 Å². The number of ether oxygens (including phenoxy) is 1. The Labute approximate surface area is 124 Å². The number of benzene rings is 1. The number of hydrogen-bond donors (Lipinski definition) is 1. The molecule has 102 valence electrons. The second-order valence-electron chi connectivity index (χ2n) is 3.99. The van der Waals surface area contributed by atoms with Crippen LogP contribution in [0.4, 0.5) is 5.69 Å². The molecule has 0 aliphatic carbocycles. The maximum atomic E-state index is 5.90. The highest BCUT2D eigenvalue weighted by molar-refractivity contribution is 9.10. The molecule has 0 radical (unpaired) electrons. The lowest BCUT2D eigenvalue weighted by molar-refractivity contribution is 0.286. The third-order valence-corrected chi connectivity index (χ3v) is 3.32. The maximum absolute atomic E-state index is 5.90. The molecule has 1 aromatic heterocycles. The van der Waals surface area contributed by atoms with Crippen LogP contribution >= 0.6 is 27.5 Å². The van der Waals surface area contributed by atoms with E-state index in [1.807, 2.05) is 4.68 Å². The molecule has 0 unspecified atom stereocenters. The van der Waals surface area contributed by atoms with Crippen molar-refractivity contribution in [3.8, 4) is 5.75 Å². The van der Waals surface area contributed by atoms with Crippen LogP contribution in [-0.4, -0.2) is 14.8 Å². The molecule has 0 atom stereocenters. The van der Waals surface area contributed by atoms with E-state index < -0.39 is 0 Å². The Balaban J connectivity index is 2.12. The molecule has 2 rings (SSSR count). The van der Waals surface area contributed by atoms with Gasteiger partial charge in [-0.3, -0.25) is 0 Å². The van der Waals surface area contributed by atoms with E-state index in [1.165, 1.54) is 6.33 Å². The van der Waals surface area contributed by atoms with Gasteiger partial charge < -0.3 is 10.5 Å². The van der Waals surface area contributed by atoms with Crippen molar-refractivity contribution in [1.82, 2.24) is 14.8 Å². The summed E-state index contributed by atoms with van der Waals surface area (Å²) in [6.45, 7) is 3.21. The Morgan fingerprint density at radius 3 is 2.95 bits per heavy atom. The van der Waals surface area contributed by atoms with Crippen LogP contribution in [0, 0.1) is 0 Å². The van der Waals surface area contributed by atoms with Crippen LogP contribution in [0.5, 0.6) is 5.75 Å². The lowest BCUT2D eigenvalue weighted by Crippen LogP contribution is -2.09. The minimum atomic E-state index is 0.310. The number of rotatable bonds is 5. The van der Waals surface area contributed by atoms with Crippen molar-refractivity contribution >= 4 is 33.2 Å². The monoisotopic (exact) mass is 344 g/mol. The van der Waals surface area contributed by atoms with Crippen LogP contribution in [0.2, 0.25) is 5.02 Å². The molecule has 19 heavy (non-hydrogen) atoms. The van der Waals surface area contributed by atoms with E-state index in [4.69, 9.17) is 22.1 Å². The number of aryl methyl sites for hydroxylation is 1. The van der Waals surface area contributed by atoms with E-state index in [-0.39, 0.29) is 0 Å². The molecule has 2 aromatic rings. The highest BCUT2D eigenvalue weighted by atomic mass is 79.9. The molecule has 7 heteroatoms. The van der Waals surface area contributed by atoms with E-state index in [2.05, 4.69) is 32.9 Å². The van der Waals surface area contributed by atoms with E-state index in [9.17, 15) is 0 Å². The summed E-state index contributed by atoms with van der Waals surface area (Å²) in [5, 5.41) is 4.70. The van der Waals surface area contributed by atoms with Crippen LogP contribution < -0.4 is 10.5 Å². The fraction of sp³-hybridized carbons (Fsp3) is 0.333. The molecule has 0 saturated heterocycles. The van der Waals surface area contributed by atoms with Crippen molar-refractivity contribution in [2.24, 2.45) is 0 Å². The maximum Gasteiger partial charge on any atom is 0.164 e. The highest BCUT2D eigenvalue weighted by Crippen LogP contribution is 2.34. The van der Waals surface area contributed by atoms with E-state index >= 15 is 0 Å². The summed E-state index contributed by atoms with van der Waals surface area (Å²) in [6, 6.07) is 3.39. The summed E-state index contributed by atoms with van der Waals surface area (Å²) in [7, 11) is 0. The van der Waals surface area contributed by atoms with Gasteiger partial charge in [-0.05, 0) is 34.5 Å². The van der Waals surface area contributed by atoms with Crippen molar-refractivity contribution < 1.29 is 4.74 Å². The lowest BCUT2D eigenvalue weighted by atomic mass is 10.3. The van der Waals surface area contributed by atoms with Gasteiger partial charge >= 0.3 is 0 Å². The Morgan fingerprint density at radius 2 is 2.26 bits per heavy atom. The summed E-state index contributed by atoms with van der Waals surface area (Å²) in [6.07, 6.45) is 2.51. The van der Waals surface area contributed by atoms with Crippen LogP contribution in [0.1, 0.15) is 19.2 Å². The van der Waals surface area contributed by atoms with Gasteiger partial charge in [-0.15, -0.1) is 0 Å². The summed E-state index contributed by atoms with van der Waals surface area (Å²) >= 11 is 9.28. The summed E-state index contributed by atoms with van der Waals surface area (Å²) in [5.74, 6) is 1.33. The number of halogens is 2. The minimum Gasteiger partial charge on any atom is -0.482 e. The summed E-state index contributed by atoms with van der Waals surface area (Å²) in [4.78, 5) is 4.17. The third kappa shape index (κ3) is 3.39. The largest absolute Gasteiger partial charge is 0.482 e. The van der Waals surface area contributed by atoms with Gasteiger partial charge in [-0.2, -0.15) is 5.10 Å². The SMILES string of the molecule is CCCn1ncnc1COc1c(N)cc(Cl)cc1Br. The Kier molecular flexibility index (Phi) is 4.66. The first-order valence-electron chi connectivity index (χ1n) is 5.85. The molecule has 0 saturated carbocycles. The number of hydrogen-bond acceptors (Lipinski definition) is 4. The first kappa shape index (κ1) is 14.1. The van der Waals surface area contributed by atoms with Gasteiger partial charge in [0.1, 0.15) is 12.9 Å². The molecule has 0 spiro atoms. The number of anilines is 1. The van der Waals surface area contributed by atoms with Gasteiger partial charge in [0.25, 0.3) is 0 Å². The average molecular weight is 346 g/mol. The Hall–Kier alpha value is -1.27. The topological polar surface area (TPSA) is 66.0 Å². The van der Waals surface area contributed by atoms with Crippen LogP contribution in [-0.2, 0) is 13.2 Å². The van der Waals surface area contributed by atoms with Gasteiger partial charge in [-0.1, -0.05) is 18.5 Å². The zero-order chi connectivity index (χ0) is 13.8. The number of aromatic nitrogens is 3. The molecule has 0 aliphatic heterocycles. The molecule has 0 fully saturated rings. The van der Waals surface area contributed by atoms with Crippen LogP contribution in [0.3, 0.4) is 0 Å². The molecule has 1 heterocycles. The summed E-state index contributed by atoms with van der Waals surface area (Å²) in [5.41, 5.74) is 6.36. The molecule has 5 nitrogen and oxygen atoms in total. The molecular weight excluding hydrogens is 332 g/mol. The van der Waals surface area contributed by atoms with Crippen molar-refractivity contribution in [1.29, 1.82) is 0 Å². The number of nitrogens with zero attached hydrogens (tertiary/aromatic N) is 3. The summed E-state index contributed by atoms with van der Waals surface area (Å²) < 4.78 is 8.24. The van der Waals surface area contributed by atoms with E-state index in [0.29, 0.717) is 23.1 Å². The van der Waals surface area contributed by atoms with Crippen molar-refractivity contribution in [3.63, 3.8) is 0 Å². The molecule has 1 aromatic carbocycles. The predicted molar refractivity (Wildman–Crippen MR) is 78.2 cm³/mol. The van der Waals surface area contributed by atoms with E-state index in [1.54, 1.807) is 12.1 Å². The number of nitrogens with two attached hydrogens (primary N) is 1. The van der Waals surface area contributed by atoms with Gasteiger partial charge in [-0.25, -0.2) is 9.67 Å². The standard InChI is InChI=1S/C12H14BrClN4O/c1-2-3-18-11(16-7-17-18)6-19-12-9(13)4-8(14)5-10(12)15/h4-5,7H,2-3,6,15H2,1H3. The predicted octanol–water partition coefficient (Wildman–Crippen LogP) is 3.27. The zero-order valence-electron chi connectivity index (χ0n) is 10.4. The fourth-order valence-corrected chi connectivity index (χ4v) is 2.62. The molecule has 0 amide bonds. The van der Waals surface area contributed by atoms with E-state index in [0.717, 1.165) is 23.3 Å². The Morgan fingerprint density at radius 1 is 1.47 bits per heavy atom. The minimum absolute atomic E-state index is 0.310. The van der Waals surface area contributed by atoms with Crippen molar-refractivity contribution in [2.45, 2.75) is 26.5 Å². The van der Waals surface area contributed by atoms with Crippen molar-refractivity contribution in [2.75, 3.05) is 5.73 Å². The van der Waals surface area contributed by atoms with Gasteiger partial charge in [0.05, 0.1) is 10.2 Å². The quantitative estimate of drug-likeness (QED) is 0.845. The average Bonchev–Trinajstić information content (AvgIpc) is 2.76. The molecule has 0 bridgehead atoms. The zero-order valence-corrected chi connectivity index (χ0v) is 12.8. The lowest BCUT2D eigenvalue weighted by Gasteiger charge is -2.11. The Bertz CT molecular complexity index is 550. The normalized spacial score (nSPS) is 10.7. The van der Waals surface area contributed by atoms with Gasteiger partial charge in [0.2, 0.25) is 0 Å². The second-order valence-corrected chi connectivity index (χ2v) is 5.28. The highest BCUT2D eigenvalue weighted by Gasteiger charge is 2.10. The molecular formula is C12H14BrClN4O. The molecule has 0 aliphatic rings. The smallest absolute Gasteiger partial charge is 0.164 e. The van der Waals surface area contributed by atoms with Crippen molar-refractivity contribution in [3.05, 3.63) is 33.8 Å². The first-order valence-corrected chi connectivity index (χ1v) is 7.03. The van der Waals surface area contributed by atoms with Gasteiger partial charge in [0, 0.05) is 11.6 Å². The first-order chi connectivity index (χ1) is 9.11.